The van der Waals surface area contributed by atoms with Gasteiger partial charge in [0.1, 0.15) is 6.04 Å². The first kappa shape index (κ1) is 9.93. The SMILES string of the molecule is N[C@@H](C(=O)O)[C@@H]1CCOC2(CCC2)C1. The fraction of sp³-hybridized carbons (Fsp3) is 0.900. The van der Waals surface area contributed by atoms with E-state index in [1.165, 1.54) is 6.42 Å². The Kier molecular flexibility index (Phi) is 2.49. The Labute approximate surface area is 83.4 Å². The number of hydrogen-bond donors (Lipinski definition) is 2. The van der Waals surface area contributed by atoms with Gasteiger partial charge in [0.05, 0.1) is 5.60 Å². The lowest BCUT2D eigenvalue weighted by Crippen LogP contribution is -2.51. The highest BCUT2D eigenvalue weighted by Crippen LogP contribution is 2.44. The van der Waals surface area contributed by atoms with Gasteiger partial charge in [-0.25, -0.2) is 0 Å². The highest BCUT2D eigenvalue weighted by Gasteiger charge is 2.44. The summed E-state index contributed by atoms with van der Waals surface area (Å²) in [6.45, 7) is 0.672. The third-order valence-electron chi connectivity index (χ3n) is 3.59. The average molecular weight is 199 g/mol. The number of hydrogen-bond acceptors (Lipinski definition) is 3. The van der Waals surface area contributed by atoms with Crippen LogP contribution in [-0.4, -0.2) is 29.3 Å². The Bertz CT molecular complexity index is 238. The van der Waals surface area contributed by atoms with Gasteiger partial charge in [-0.05, 0) is 38.0 Å². The molecule has 0 radical (unpaired) electrons. The largest absolute Gasteiger partial charge is 0.480 e. The van der Waals surface area contributed by atoms with E-state index in [4.69, 9.17) is 15.6 Å². The molecule has 1 saturated heterocycles. The Morgan fingerprint density at radius 3 is 2.79 bits per heavy atom. The number of aliphatic carboxylic acids is 1. The average Bonchev–Trinajstić information content (AvgIpc) is 2.14. The van der Waals surface area contributed by atoms with Gasteiger partial charge in [0, 0.05) is 6.61 Å². The summed E-state index contributed by atoms with van der Waals surface area (Å²) >= 11 is 0. The van der Waals surface area contributed by atoms with Crippen LogP contribution in [0.4, 0.5) is 0 Å². The van der Waals surface area contributed by atoms with Crippen LogP contribution in [0.5, 0.6) is 0 Å². The van der Waals surface area contributed by atoms with Crippen molar-refractivity contribution in [2.75, 3.05) is 6.61 Å². The van der Waals surface area contributed by atoms with Crippen LogP contribution in [0.1, 0.15) is 32.1 Å². The van der Waals surface area contributed by atoms with E-state index >= 15 is 0 Å². The van der Waals surface area contributed by atoms with Gasteiger partial charge in [0.25, 0.3) is 0 Å². The standard InChI is InChI=1S/C10H17NO3/c11-8(9(12)13)7-2-5-14-10(6-7)3-1-4-10/h7-8H,1-6,11H2,(H,12,13)/t7-,8-/m1/s1. The fourth-order valence-electron chi connectivity index (χ4n) is 2.49. The zero-order valence-electron chi connectivity index (χ0n) is 8.24. The van der Waals surface area contributed by atoms with Crippen molar-refractivity contribution in [3.63, 3.8) is 0 Å². The topological polar surface area (TPSA) is 72.6 Å². The zero-order chi connectivity index (χ0) is 10.2. The van der Waals surface area contributed by atoms with Gasteiger partial charge in [0.2, 0.25) is 0 Å². The molecule has 2 rings (SSSR count). The monoisotopic (exact) mass is 199 g/mol. The smallest absolute Gasteiger partial charge is 0.320 e. The third-order valence-corrected chi connectivity index (χ3v) is 3.59. The van der Waals surface area contributed by atoms with Crippen molar-refractivity contribution >= 4 is 5.97 Å². The maximum atomic E-state index is 10.8. The number of carboxylic acids is 1. The molecular formula is C10H17NO3. The van der Waals surface area contributed by atoms with Crippen molar-refractivity contribution in [2.24, 2.45) is 11.7 Å². The Balaban J connectivity index is 1.96. The van der Waals surface area contributed by atoms with Crippen LogP contribution >= 0.6 is 0 Å². The van der Waals surface area contributed by atoms with E-state index in [0.29, 0.717) is 6.61 Å². The molecule has 14 heavy (non-hydrogen) atoms. The van der Waals surface area contributed by atoms with Gasteiger partial charge in [-0.3, -0.25) is 4.79 Å². The lowest BCUT2D eigenvalue weighted by Gasteiger charge is -2.47. The second kappa shape index (κ2) is 3.51. The van der Waals surface area contributed by atoms with Crippen molar-refractivity contribution < 1.29 is 14.6 Å². The molecular weight excluding hydrogens is 182 g/mol. The molecule has 0 aromatic heterocycles. The van der Waals surface area contributed by atoms with E-state index in [9.17, 15) is 4.79 Å². The summed E-state index contributed by atoms with van der Waals surface area (Å²) in [5, 5.41) is 8.83. The maximum Gasteiger partial charge on any atom is 0.320 e. The minimum atomic E-state index is -0.883. The molecule has 1 spiro atoms. The lowest BCUT2D eigenvalue weighted by molar-refractivity contribution is -0.156. The van der Waals surface area contributed by atoms with Crippen LogP contribution < -0.4 is 5.73 Å². The highest BCUT2D eigenvalue weighted by molar-refractivity contribution is 5.73. The molecule has 2 aliphatic rings. The van der Waals surface area contributed by atoms with Crippen molar-refractivity contribution in [1.29, 1.82) is 0 Å². The summed E-state index contributed by atoms with van der Waals surface area (Å²) in [5.74, 6) is -0.784. The maximum absolute atomic E-state index is 10.8. The summed E-state index contributed by atoms with van der Waals surface area (Å²) < 4.78 is 5.71. The van der Waals surface area contributed by atoms with Crippen LogP contribution in [0.2, 0.25) is 0 Å². The van der Waals surface area contributed by atoms with E-state index < -0.39 is 12.0 Å². The second-order valence-electron chi connectivity index (χ2n) is 4.50. The molecule has 1 aliphatic heterocycles. The Morgan fingerprint density at radius 2 is 2.29 bits per heavy atom. The summed E-state index contributed by atoms with van der Waals surface area (Å²) in [7, 11) is 0. The molecule has 0 amide bonds. The van der Waals surface area contributed by atoms with Gasteiger partial charge < -0.3 is 15.6 Å². The Morgan fingerprint density at radius 1 is 1.57 bits per heavy atom. The van der Waals surface area contributed by atoms with E-state index in [1.54, 1.807) is 0 Å². The summed E-state index contributed by atoms with van der Waals surface area (Å²) in [5.41, 5.74) is 5.63. The zero-order valence-corrected chi connectivity index (χ0v) is 8.24. The normalized spacial score (nSPS) is 32.2. The van der Waals surface area contributed by atoms with Gasteiger partial charge in [-0.2, -0.15) is 0 Å². The van der Waals surface area contributed by atoms with Crippen LogP contribution in [0.25, 0.3) is 0 Å². The summed E-state index contributed by atoms with van der Waals surface area (Å²) in [4.78, 5) is 10.8. The van der Waals surface area contributed by atoms with Gasteiger partial charge >= 0.3 is 5.97 Å². The third kappa shape index (κ3) is 1.64. The van der Waals surface area contributed by atoms with E-state index in [1.807, 2.05) is 0 Å². The molecule has 1 heterocycles. The van der Waals surface area contributed by atoms with E-state index in [-0.39, 0.29) is 11.5 Å². The first-order chi connectivity index (χ1) is 6.63. The summed E-state index contributed by atoms with van der Waals surface area (Å²) in [6, 6.07) is -0.712. The molecule has 4 heteroatoms. The first-order valence-electron chi connectivity index (χ1n) is 5.25. The van der Waals surface area contributed by atoms with Gasteiger partial charge in [-0.1, -0.05) is 0 Å². The summed E-state index contributed by atoms with van der Waals surface area (Å²) in [6.07, 6.45) is 4.98. The van der Waals surface area contributed by atoms with Crippen LogP contribution in [0, 0.1) is 5.92 Å². The number of ether oxygens (including phenoxy) is 1. The van der Waals surface area contributed by atoms with Crippen molar-refractivity contribution in [3.05, 3.63) is 0 Å². The Hall–Kier alpha value is -0.610. The molecule has 0 unspecified atom stereocenters. The predicted molar refractivity (Wildman–Crippen MR) is 50.9 cm³/mol. The molecule has 1 saturated carbocycles. The van der Waals surface area contributed by atoms with E-state index in [0.717, 1.165) is 25.7 Å². The van der Waals surface area contributed by atoms with Crippen molar-refractivity contribution in [3.8, 4) is 0 Å². The minimum absolute atomic E-state index is 0.00398. The fourth-order valence-corrected chi connectivity index (χ4v) is 2.49. The quantitative estimate of drug-likeness (QED) is 0.688. The number of carboxylic acid groups (broad SMARTS) is 1. The van der Waals surface area contributed by atoms with Gasteiger partial charge in [-0.15, -0.1) is 0 Å². The molecule has 1 aliphatic carbocycles. The molecule has 2 atom stereocenters. The highest BCUT2D eigenvalue weighted by atomic mass is 16.5. The molecule has 0 bridgehead atoms. The van der Waals surface area contributed by atoms with Crippen LogP contribution in [-0.2, 0) is 9.53 Å². The van der Waals surface area contributed by atoms with Crippen LogP contribution in [0.15, 0.2) is 0 Å². The lowest BCUT2D eigenvalue weighted by atomic mass is 9.70. The van der Waals surface area contributed by atoms with Crippen molar-refractivity contribution in [2.45, 2.75) is 43.7 Å². The number of carbonyl (C=O) groups is 1. The first-order valence-corrected chi connectivity index (χ1v) is 5.25. The van der Waals surface area contributed by atoms with Crippen molar-refractivity contribution in [1.82, 2.24) is 0 Å². The predicted octanol–water partition coefficient (Wildman–Crippen LogP) is 0.748. The number of rotatable bonds is 2. The van der Waals surface area contributed by atoms with E-state index in [2.05, 4.69) is 0 Å². The minimum Gasteiger partial charge on any atom is -0.480 e. The van der Waals surface area contributed by atoms with Crippen LogP contribution in [0.3, 0.4) is 0 Å². The molecule has 2 fully saturated rings. The number of nitrogens with two attached hydrogens (primary N) is 1. The molecule has 0 aromatic carbocycles. The molecule has 0 aromatic rings. The molecule has 3 N–H and O–H groups in total. The van der Waals surface area contributed by atoms with Gasteiger partial charge in [0.15, 0.2) is 0 Å². The second-order valence-corrected chi connectivity index (χ2v) is 4.50. The molecule has 4 nitrogen and oxygen atoms in total. The molecule has 80 valence electrons.